The van der Waals surface area contributed by atoms with Crippen molar-refractivity contribution < 1.29 is 0 Å². The minimum Gasteiger partial charge on any atom is -0.357 e. The van der Waals surface area contributed by atoms with Crippen LogP contribution in [0.2, 0.25) is 0 Å². The predicted molar refractivity (Wildman–Crippen MR) is 105 cm³/mol. The van der Waals surface area contributed by atoms with Crippen LogP contribution in [-0.2, 0) is 6.54 Å². The van der Waals surface area contributed by atoms with E-state index in [9.17, 15) is 0 Å². The Kier molecular flexibility index (Phi) is 6.82. The Morgan fingerprint density at radius 1 is 1.24 bits per heavy atom. The molecule has 1 aliphatic heterocycles. The molecule has 2 aromatic rings. The third-order valence-electron chi connectivity index (χ3n) is 4.39. The van der Waals surface area contributed by atoms with E-state index in [1.165, 1.54) is 30.8 Å². The molecule has 134 valence electrons. The summed E-state index contributed by atoms with van der Waals surface area (Å²) in [5.41, 5.74) is 0.981. The molecule has 0 saturated carbocycles. The van der Waals surface area contributed by atoms with Crippen LogP contribution < -0.4 is 10.6 Å². The highest BCUT2D eigenvalue weighted by atomic mass is 32.1. The molecule has 0 amide bonds. The number of guanidine groups is 1. The third kappa shape index (κ3) is 5.28. The van der Waals surface area contributed by atoms with Crippen molar-refractivity contribution in [2.75, 3.05) is 26.2 Å². The molecule has 2 N–H and O–H groups in total. The molecule has 0 radical (unpaired) electrons. The van der Waals surface area contributed by atoms with E-state index in [1.807, 2.05) is 35.7 Å². The SMILES string of the molecule is CCNC(=NCc1ccccn1)NCC(c1cccs1)N1CCCC1. The number of hydrogen-bond donors (Lipinski definition) is 2. The van der Waals surface area contributed by atoms with Crippen molar-refractivity contribution in [3.63, 3.8) is 0 Å². The number of nitrogens with zero attached hydrogens (tertiary/aromatic N) is 3. The van der Waals surface area contributed by atoms with Crippen molar-refractivity contribution in [3.8, 4) is 0 Å². The molecule has 5 nitrogen and oxygen atoms in total. The van der Waals surface area contributed by atoms with Crippen LogP contribution >= 0.6 is 11.3 Å². The van der Waals surface area contributed by atoms with Crippen molar-refractivity contribution in [2.24, 2.45) is 4.99 Å². The van der Waals surface area contributed by atoms with Gasteiger partial charge < -0.3 is 10.6 Å². The Hall–Kier alpha value is -1.92. The highest BCUT2D eigenvalue weighted by Crippen LogP contribution is 2.27. The van der Waals surface area contributed by atoms with Crippen LogP contribution in [0.15, 0.2) is 46.9 Å². The number of nitrogens with one attached hydrogen (secondary N) is 2. The lowest BCUT2D eigenvalue weighted by atomic mass is 10.2. The summed E-state index contributed by atoms with van der Waals surface area (Å²) >= 11 is 1.84. The quantitative estimate of drug-likeness (QED) is 0.591. The molecular weight excluding hydrogens is 330 g/mol. The number of aromatic nitrogens is 1. The fourth-order valence-electron chi connectivity index (χ4n) is 3.13. The first kappa shape index (κ1) is 17.9. The van der Waals surface area contributed by atoms with Gasteiger partial charge in [-0.05, 0) is 56.4 Å². The van der Waals surface area contributed by atoms with E-state index in [2.05, 4.69) is 49.9 Å². The minimum absolute atomic E-state index is 0.418. The third-order valence-corrected chi connectivity index (χ3v) is 5.36. The van der Waals surface area contributed by atoms with E-state index in [0.29, 0.717) is 12.6 Å². The molecule has 1 unspecified atom stereocenters. The first-order chi connectivity index (χ1) is 12.4. The standard InChI is InChI=1S/C19H27N5S/c1-2-20-19(22-14-16-8-3-4-10-21-16)23-15-17(18-9-7-13-25-18)24-11-5-6-12-24/h3-4,7-10,13,17H,2,5-6,11-12,14-15H2,1H3,(H2,20,22,23). The zero-order chi connectivity index (χ0) is 17.3. The van der Waals surface area contributed by atoms with Crippen molar-refractivity contribution in [3.05, 3.63) is 52.5 Å². The minimum atomic E-state index is 0.418. The summed E-state index contributed by atoms with van der Waals surface area (Å²) in [5, 5.41) is 9.04. The molecular formula is C19H27N5S. The van der Waals surface area contributed by atoms with E-state index in [-0.39, 0.29) is 0 Å². The average Bonchev–Trinajstić information content (AvgIpc) is 3.35. The zero-order valence-corrected chi connectivity index (χ0v) is 15.6. The van der Waals surface area contributed by atoms with Crippen molar-refractivity contribution in [1.82, 2.24) is 20.5 Å². The number of hydrogen-bond acceptors (Lipinski definition) is 4. The number of pyridine rings is 1. The summed E-state index contributed by atoms with van der Waals surface area (Å²) in [7, 11) is 0. The van der Waals surface area contributed by atoms with Gasteiger partial charge in [0.15, 0.2) is 5.96 Å². The van der Waals surface area contributed by atoms with Crippen LogP contribution in [0.4, 0.5) is 0 Å². The molecule has 2 aromatic heterocycles. The van der Waals surface area contributed by atoms with Gasteiger partial charge in [-0.2, -0.15) is 0 Å². The number of likely N-dealkylation sites (tertiary alicyclic amines) is 1. The second kappa shape index (κ2) is 9.53. The first-order valence-electron chi connectivity index (χ1n) is 9.06. The first-order valence-corrected chi connectivity index (χ1v) is 9.94. The molecule has 1 fully saturated rings. The van der Waals surface area contributed by atoms with Crippen LogP contribution in [0, 0.1) is 0 Å². The number of rotatable bonds is 7. The molecule has 1 atom stereocenters. The lowest BCUT2D eigenvalue weighted by molar-refractivity contribution is 0.249. The van der Waals surface area contributed by atoms with E-state index in [0.717, 1.165) is 24.7 Å². The number of thiophene rings is 1. The molecule has 0 spiro atoms. The van der Waals surface area contributed by atoms with Gasteiger partial charge in [-0.25, -0.2) is 4.99 Å². The van der Waals surface area contributed by atoms with Gasteiger partial charge in [-0.1, -0.05) is 12.1 Å². The molecule has 1 aliphatic rings. The lowest BCUT2D eigenvalue weighted by Crippen LogP contribution is -2.42. The molecule has 3 rings (SSSR count). The molecule has 0 aromatic carbocycles. The van der Waals surface area contributed by atoms with Crippen LogP contribution in [0.25, 0.3) is 0 Å². The summed E-state index contributed by atoms with van der Waals surface area (Å²) in [4.78, 5) is 13.0. The highest BCUT2D eigenvalue weighted by molar-refractivity contribution is 7.10. The van der Waals surface area contributed by atoms with E-state index in [1.54, 1.807) is 0 Å². The van der Waals surface area contributed by atoms with Crippen molar-refractivity contribution in [2.45, 2.75) is 32.4 Å². The van der Waals surface area contributed by atoms with Crippen LogP contribution in [-0.4, -0.2) is 42.0 Å². The van der Waals surface area contributed by atoms with Crippen LogP contribution in [0.3, 0.4) is 0 Å². The summed E-state index contributed by atoms with van der Waals surface area (Å²) in [6.45, 7) is 6.77. The molecule has 3 heterocycles. The lowest BCUT2D eigenvalue weighted by Gasteiger charge is -2.27. The van der Waals surface area contributed by atoms with Gasteiger partial charge in [0, 0.05) is 24.2 Å². The van der Waals surface area contributed by atoms with E-state index < -0.39 is 0 Å². The van der Waals surface area contributed by atoms with E-state index in [4.69, 9.17) is 0 Å². The summed E-state index contributed by atoms with van der Waals surface area (Å²) in [6, 6.07) is 10.7. The van der Waals surface area contributed by atoms with Crippen molar-refractivity contribution >= 4 is 17.3 Å². The Morgan fingerprint density at radius 3 is 2.80 bits per heavy atom. The second-order valence-corrected chi connectivity index (χ2v) is 7.15. The average molecular weight is 358 g/mol. The monoisotopic (exact) mass is 357 g/mol. The van der Waals surface area contributed by atoms with Gasteiger partial charge in [0.1, 0.15) is 0 Å². The number of aliphatic imine (C=N–C) groups is 1. The molecule has 0 aliphatic carbocycles. The Morgan fingerprint density at radius 2 is 2.12 bits per heavy atom. The van der Waals surface area contributed by atoms with Gasteiger partial charge in [0.2, 0.25) is 0 Å². The summed E-state index contributed by atoms with van der Waals surface area (Å²) in [5.74, 6) is 0.855. The topological polar surface area (TPSA) is 52.6 Å². The second-order valence-electron chi connectivity index (χ2n) is 6.17. The molecule has 1 saturated heterocycles. The van der Waals surface area contributed by atoms with Crippen LogP contribution in [0.1, 0.15) is 36.4 Å². The molecule has 6 heteroatoms. The van der Waals surface area contributed by atoms with Crippen molar-refractivity contribution in [1.29, 1.82) is 0 Å². The maximum Gasteiger partial charge on any atom is 0.191 e. The normalized spacial score (nSPS) is 16.8. The Balaban J connectivity index is 1.63. The van der Waals surface area contributed by atoms with Gasteiger partial charge in [0.25, 0.3) is 0 Å². The highest BCUT2D eigenvalue weighted by Gasteiger charge is 2.24. The molecule has 0 bridgehead atoms. The fourth-order valence-corrected chi connectivity index (χ4v) is 3.99. The smallest absolute Gasteiger partial charge is 0.191 e. The van der Waals surface area contributed by atoms with Gasteiger partial charge >= 0.3 is 0 Å². The maximum atomic E-state index is 4.68. The van der Waals surface area contributed by atoms with E-state index >= 15 is 0 Å². The Labute approximate surface area is 154 Å². The summed E-state index contributed by atoms with van der Waals surface area (Å²) in [6.07, 6.45) is 4.41. The van der Waals surface area contributed by atoms with Gasteiger partial charge in [0.05, 0.1) is 18.3 Å². The fraction of sp³-hybridized carbons (Fsp3) is 0.474. The van der Waals surface area contributed by atoms with Gasteiger partial charge in [-0.3, -0.25) is 9.88 Å². The zero-order valence-electron chi connectivity index (χ0n) is 14.8. The van der Waals surface area contributed by atoms with Crippen LogP contribution in [0.5, 0.6) is 0 Å². The maximum absolute atomic E-state index is 4.68. The summed E-state index contributed by atoms with van der Waals surface area (Å²) < 4.78 is 0. The van der Waals surface area contributed by atoms with Gasteiger partial charge in [-0.15, -0.1) is 11.3 Å². The largest absolute Gasteiger partial charge is 0.357 e. The predicted octanol–water partition coefficient (Wildman–Crippen LogP) is 3.04. The Bertz CT molecular complexity index is 635. The molecule has 25 heavy (non-hydrogen) atoms.